The third-order valence-electron chi connectivity index (χ3n) is 5.15. The van der Waals surface area contributed by atoms with Crippen molar-refractivity contribution in [3.05, 3.63) is 35.9 Å². The highest BCUT2D eigenvalue weighted by atomic mass is 16.5. The molecular formula is C19H27N3O3. The van der Waals surface area contributed by atoms with E-state index < -0.39 is 0 Å². The normalized spacial score (nSPS) is 25.0. The van der Waals surface area contributed by atoms with Crippen LogP contribution in [0.25, 0.3) is 0 Å². The first-order valence-corrected chi connectivity index (χ1v) is 8.98. The highest BCUT2D eigenvalue weighted by molar-refractivity contribution is 5.79. The van der Waals surface area contributed by atoms with Crippen molar-refractivity contribution < 1.29 is 14.3 Å². The highest BCUT2D eigenvalue weighted by Gasteiger charge is 2.30. The summed E-state index contributed by atoms with van der Waals surface area (Å²) in [6.45, 7) is 7.96. The highest BCUT2D eigenvalue weighted by Crippen LogP contribution is 2.24. The molecule has 136 valence electrons. The second-order valence-corrected chi connectivity index (χ2v) is 6.90. The smallest absolute Gasteiger partial charge is 0.236 e. The molecule has 0 spiro atoms. The van der Waals surface area contributed by atoms with E-state index in [9.17, 15) is 9.59 Å². The summed E-state index contributed by atoms with van der Waals surface area (Å²) in [5.41, 5.74) is 1.15. The summed E-state index contributed by atoms with van der Waals surface area (Å²) >= 11 is 0. The van der Waals surface area contributed by atoms with Gasteiger partial charge >= 0.3 is 0 Å². The summed E-state index contributed by atoms with van der Waals surface area (Å²) in [7, 11) is 0. The lowest BCUT2D eigenvalue weighted by atomic mass is 10.1. The molecule has 0 bridgehead atoms. The lowest BCUT2D eigenvalue weighted by Gasteiger charge is -2.40. The number of benzene rings is 1. The second-order valence-electron chi connectivity index (χ2n) is 6.90. The van der Waals surface area contributed by atoms with Crippen LogP contribution in [0.3, 0.4) is 0 Å². The first-order valence-electron chi connectivity index (χ1n) is 8.98. The average molecular weight is 345 g/mol. The van der Waals surface area contributed by atoms with Gasteiger partial charge in [-0.3, -0.25) is 14.5 Å². The SMILES string of the molecule is CC(=O)N1CCN(C(=O)CN2C[C@@H](c3ccccc3)OC[C@@H]2C)CC1. The van der Waals surface area contributed by atoms with Gasteiger partial charge in [0.05, 0.1) is 19.3 Å². The number of nitrogens with zero attached hydrogens (tertiary/aromatic N) is 3. The molecule has 2 heterocycles. The van der Waals surface area contributed by atoms with Gasteiger partial charge in [-0.2, -0.15) is 0 Å². The minimum atomic E-state index is 0.0137. The summed E-state index contributed by atoms with van der Waals surface area (Å²) in [6, 6.07) is 10.4. The maximum Gasteiger partial charge on any atom is 0.236 e. The van der Waals surface area contributed by atoms with Crippen molar-refractivity contribution >= 4 is 11.8 Å². The third kappa shape index (κ3) is 4.38. The van der Waals surface area contributed by atoms with Crippen LogP contribution in [0.4, 0.5) is 0 Å². The Bertz CT molecular complexity index is 599. The molecule has 0 N–H and O–H groups in total. The minimum Gasteiger partial charge on any atom is -0.371 e. The molecular weight excluding hydrogens is 318 g/mol. The molecule has 1 aromatic rings. The van der Waals surface area contributed by atoms with Gasteiger partial charge in [0.1, 0.15) is 0 Å². The number of piperazine rings is 1. The van der Waals surface area contributed by atoms with E-state index in [1.54, 1.807) is 11.8 Å². The van der Waals surface area contributed by atoms with E-state index in [1.165, 1.54) is 0 Å². The number of morpholine rings is 1. The Kier molecular flexibility index (Phi) is 5.71. The van der Waals surface area contributed by atoms with Gasteiger partial charge in [0.2, 0.25) is 11.8 Å². The summed E-state index contributed by atoms with van der Waals surface area (Å²) < 4.78 is 5.96. The summed E-state index contributed by atoms with van der Waals surface area (Å²) in [6.07, 6.45) is 0.0137. The van der Waals surface area contributed by atoms with E-state index >= 15 is 0 Å². The molecule has 2 aliphatic heterocycles. The average Bonchev–Trinajstić information content (AvgIpc) is 2.64. The van der Waals surface area contributed by atoms with Crippen molar-refractivity contribution in [3.63, 3.8) is 0 Å². The van der Waals surface area contributed by atoms with Crippen LogP contribution in [0.1, 0.15) is 25.5 Å². The number of rotatable bonds is 3. The van der Waals surface area contributed by atoms with E-state index in [1.807, 2.05) is 23.1 Å². The molecule has 3 rings (SSSR count). The molecule has 2 aliphatic rings. The van der Waals surface area contributed by atoms with Gasteiger partial charge in [-0.25, -0.2) is 0 Å². The van der Waals surface area contributed by atoms with Gasteiger partial charge in [-0.1, -0.05) is 30.3 Å². The molecule has 0 radical (unpaired) electrons. The first-order chi connectivity index (χ1) is 12.0. The molecule has 0 unspecified atom stereocenters. The van der Waals surface area contributed by atoms with Crippen molar-refractivity contribution in [2.24, 2.45) is 0 Å². The van der Waals surface area contributed by atoms with E-state index in [0.717, 1.165) is 12.1 Å². The van der Waals surface area contributed by atoms with Crippen LogP contribution in [0.5, 0.6) is 0 Å². The fraction of sp³-hybridized carbons (Fsp3) is 0.579. The van der Waals surface area contributed by atoms with Crippen LogP contribution in [0.15, 0.2) is 30.3 Å². The molecule has 2 fully saturated rings. The van der Waals surface area contributed by atoms with Gasteiger partial charge in [-0.15, -0.1) is 0 Å². The Hall–Kier alpha value is -1.92. The Labute approximate surface area is 149 Å². The van der Waals surface area contributed by atoms with Gasteiger partial charge in [-0.05, 0) is 12.5 Å². The predicted octanol–water partition coefficient (Wildman–Crippen LogP) is 1.14. The second kappa shape index (κ2) is 7.97. The van der Waals surface area contributed by atoms with E-state index in [-0.39, 0.29) is 24.0 Å². The maximum absolute atomic E-state index is 12.7. The van der Waals surface area contributed by atoms with Crippen molar-refractivity contribution in [2.45, 2.75) is 26.0 Å². The number of carbonyl (C=O) groups is 2. The van der Waals surface area contributed by atoms with Crippen LogP contribution in [0.2, 0.25) is 0 Å². The molecule has 6 heteroatoms. The number of carbonyl (C=O) groups excluding carboxylic acids is 2. The van der Waals surface area contributed by atoms with E-state index in [2.05, 4.69) is 24.0 Å². The third-order valence-corrected chi connectivity index (χ3v) is 5.15. The molecule has 0 saturated carbocycles. The standard InChI is InChI=1S/C19H27N3O3/c1-15-14-25-18(17-6-4-3-5-7-17)12-22(15)13-19(24)21-10-8-20(9-11-21)16(2)23/h3-7,15,18H,8-14H2,1-2H3/t15-,18-/m0/s1. The Balaban J connectivity index is 1.56. The zero-order valence-corrected chi connectivity index (χ0v) is 15.1. The largest absolute Gasteiger partial charge is 0.371 e. The Morgan fingerprint density at radius 1 is 1.08 bits per heavy atom. The van der Waals surface area contributed by atoms with Crippen LogP contribution in [0, 0.1) is 0 Å². The molecule has 6 nitrogen and oxygen atoms in total. The van der Waals surface area contributed by atoms with Gasteiger partial charge < -0.3 is 14.5 Å². The van der Waals surface area contributed by atoms with Gasteiger partial charge in [0, 0.05) is 45.7 Å². The first kappa shape index (κ1) is 17.9. The fourth-order valence-corrected chi connectivity index (χ4v) is 3.44. The molecule has 25 heavy (non-hydrogen) atoms. The number of hydrogen-bond donors (Lipinski definition) is 0. The van der Waals surface area contributed by atoms with E-state index in [4.69, 9.17) is 4.74 Å². The van der Waals surface area contributed by atoms with Crippen LogP contribution in [-0.4, -0.2) is 78.4 Å². The molecule has 1 aromatic carbocycles. The van der Waals surface area contributed by atoms with Crippen LogP contribution >= 0.6 is 0 Å². The Morgan fingerprint density at radius 2 is 1.72 bits per heavy atom. The fourth-order valence-electron chi connectivity index (χ4n) is 3.44. The van der Waals surface area contributed by atoms with Crippen molar-refractivity contribution in [2.75, 3.05) is 45.9 Å². The molecule has 0 aliphatic carbocycles. The predicted molar refractivity (Wildman–Crippen MR) is 95.0 cm³/mol. The van der Waals surface area contributed by atoms with Crippen molar-refractivity contribution in [3.8, 4) is 0 Å². The van der Waals surface area contributed by atoms with Crippen LogP contribution < -0.4 is 0 Å². The minimum absolute atomic E-state index is 0.0137. The molecule has 0 aromatic heterocycles. The van der Waals surface area contributed by atoms with Crippen molar-refractivity contribution in [1.29, 1.82) is 0 Å². The number of hydrogen-bond acceptors (Lipinski definition) is 4. The lowest BCUT2D eigenvalue weighted by Crippen LogP contribution is -2.54. The number of ether oxygens (including phenoxy) is 1. The van der Waals surface area contributed by atoms with Gasteiger partial charge in [0.25, 0.3) is 0 Å². The van der Waals surface area contributed by atoms with Crippen molar-refractivity contribution in [1.82, 2.24) is 14.7 Å². The molecule has 2 amide bonds. The molecule has 2 atom stereocenters. The zero-order chi connectivity index (χ0) is 17.8. The molecule has 2 saturated heterocycles. The Morgan fingerprint density at radius 3 is 2.36 bits per heavy atom. The lowest BCUT2D eigenvalue weighted by molar-refractivity contribution is -0.141. The van der Waals surface area contributed by atoms with Crippen LogP contribution in [-0.2, 0) is 14.3 Å². The summed E-state index contributed by atoms with van der Waals surface area (Å²) in [5.74, 6) is 0.225. The van der Waals surface area contributed by atoms with E-state index in [0.29, 0.717) is 39.3 Å². The zero-order valence-electron chi connectivity index (χ0n) is 15.1. The van der Waals surface area contributed by atoms with Gasteiger partial charge in [0.15, 0.2) is 0 Å². The quantitative estimate of drug-likeness (QED) is 0.824. The monoisotopic (exact) mass is 345 g/mol. The topological polar surface area (TPSA) is 53.1 Å². The number of amides is 2. The summed E-state index contributed by atoms with van der Waals surface area (Å²) in [4.78, 5) is 30.0. The summed E-state index contributed by atoms with van der Waals surface area (Å²) in [5, 5.41) is 0. The maximum atomic E-state index is 12.7.